The molecular weight excluding hydrogens is 174 g/mol. The first kappa shape index (κ1) is 10.4. The number of hydrogen-bond donors (Lipinski definition) is 1. The van der Waals surface area contributed by atoms with Crippen molar-refractivity contribution < 1.29 is 0 Å². The Bertz CT molecular complexity index is 179. The van der Waals surface area contributed by atoms with E-state index in [1.807, 2.05) is 0 Å². The second kappa shape index (κ2) is 4.60. The Hall–Kier alpha value is -0.120. The van der Waals surface area contributed by atoms with Gasteiger partial charge in [-0.25, -0.2) is 0 Å². The molecule has 0 aromatic heterocycles. The molecule has 3 heteroatoms. The average Bonchev–Trinajstić information content (AvgIpc) is 2.92. The predicted molar refractivity (Wildman–Crippen MR) is 59.6 cm³/mol. The van der Waals surface area contributed by atoms with Crippen molar-refractivity contribution in [2.45, 2.75) is 31.3 Å². The molecule has 0 bridgehead atoms. The normalized spacial score (nSPS) is 28.9. The highest BCUT2D eigenvalue weighted by Crippen LogP contribution is 2.24. The summed E-state index contributed by atoms with van der Waals surface area (Å²) >= 11 is 0. The molecule has 0 aromatic carbocycles. The minimum atomic E-state index is 0.743. The minimum Gasteiger partial charge on any atom is -0.311 e. The fraction of sp³-hybridized carbons (Fsp3) is 1.00. The number of hydrogen-bond acceptors (Lipinski definition) is 3. The summed E-state index contributed by atoms with van der Waals surface area (Å²) in [6.45, 7) is 4.86. The van der Waals surface area contributed by atoms with E-state index in [1.54, 1.807) is 0 Å². The van der Waals surface area contributed by atoms with Gasteiger partial charge in [0.05, 0.1) is 0 Å². The first-order valence-electron chi connectivity index (χ1n) is 5.88. The van der Waals surface area contributed by atoms with Crippen LogP contribution >= 0.6 is 0 Å². The van der Waals surface area contributed by atoms with Crippen molar-refractivity contribution in [1.29, 1.82) is 0 Å². The minimum absolute atomic E-state index is 0.743. The molecule has 1 atom stereocenters. The van der Waals surface area contributed by atoms with Gasteiger partial charge in [-0.1, -0.05) is 0 Å². The zero-order valence-corrected chi connectivity index (χ0v) is 9.50. The van der Waals surface area contributed by atoms with Crippen LogP contribution in [0.4, 0.5) is 0 Å². The van der Waals surface area contributed by atoms with Crippen LogP contribution in [-0.2, 0) is 0 Å². The van der Waals surface area contributed by atoms with E-state index in [4.69, 9.17) is 0 Å². The molecule has 2 rings (SSSR count). The highest BCUT2D eigenvalue weighted by molar-refractivity contribution is 4.83. The van der Waals surface area contributed by atoms with Crippen LogP contribution in [-0.4, -0.2) is 62.2 Å². The molecule has 2 aliphatic rings. The smallest absolute Gasteiger partial charge is 0.0207 e. The van der Waals surface area contributed by atoms with Gasteiger partial charge >= 0.3 is 0 Å². The second-order valence-corrected chi connectivity index (χ2v) is 4.91. The fourth-order valence-electron chi connectivity index (χ4n) is 2.24. The van der Waals surface area contributed by atoms with Crippen molar-refractivity contribution in [3.63, 3.8) is 0 Å². The van der Waals surface area contributed by atoms with E-state index in [0.717, 1.165) is 18.6 Å². The van der Waals surface area contributed by atoms with Gasteiger partial charge in [-0.2, -0.15) is 0 Å². The summed E-state index contributed by atoms with van der Waals surface area (Å²) < 4.78 is 0. The Morgan fingerprint density at radius 3 is 2.71 bits per heavy atom. The summed E-state index contributed by atoms with van der Waals surface area (Å²) in [5, 5.41) is 3.64. The zero-order chi connectivity index (χ0) is 9.97. The number of likely N-dealkylation sites (tertiary alicyclic amines) is 1. The van der Waals surface area contributed by atoms with Gasteiger partial charge in [0.25, 0.3) is 0 Å². The molecule has 2 fully saturated rings. The van der Waals surface area contributed by atoms with Gasteiger partial charge in [0.2, 0.25) is 0 Å². The van der Waals surface area contributed by atoms with E-state index in [-0.39, 0.29) is 0 Å². The standard InChI is InChI=1S/C11H23N3/c1-13-7-5-10(9-13)12-6-8-14(2)11-3-4-11/h10-12H,3-9H2,1-2H3. The quantitative estimate of drug-likeness (QED) is 0.687. The number of nitrogens with one attached hydrogen (secondary N) is 1. The zero-order valence-electron chi connectivity index (χ0n) is 9.50. The third kappa shape index (κ3) is 2.94. The molecule has 1 saturated carbocycles. The highest BCUT2D eigenvalue weighted by atomic mass is 15.2. The fourth-order valence-corrected chi connectivity index (χ4v) is 2.24. The maximum Gasteiger partial charge on any atom is 0.0207 e. The van der Waals surface area contributed by atoms with Crippen molar-refractivity contribution >= 4 is 0 Å². The Balaban J connectivity index is 1.54. The van der Waals surface area contributed by atoms with Crippen LogP contribution in [0.3, 0.4) is 0 Å². The van der Waals surface area contributed by atoms with Gasteiger partial charge in [-0.3, -0.25) is 0 Å². The molecule has 1 aliphatic heterocycles. The van der Waals surface area contributed by atoms with Crippen LogP contribution in [0.5, 0.6) is 0 Å². The number of likely N-dealkylation sites (N-methyl/N-ethyl adjacent to an activating group) is 2. The van der Waals surface area contributed by atoms with E-state index >= 15 is 0 Å². The summed E-state index contributed by atoms with van der Waals surface area (Å²) in [7, 11) is 4.46. The molecule has 3 nitrogen and oxygen atoms in total. The van der Waals surface area contributed by atoms with Crippen LogP contribution in [0.25, 0.3) is 0 Å². The van der Waals surface area contributed by atoms with Crippen molar-refractivity contribution in [1.82, 2.24) is 15.1 Å². The first-order valence-corrected chi connectivity index (χ1v) is 5.88. The highest BCUT2D eigenvalue weighted by Gasteiger charge is 2.25. The van der Waals surface area contributed by atoms with Crippen molar-refractivity contribution in [2.75, 3.05) is 40.3 Å². The van der Waals surface area contributed by atoms with Crippen LogP contribution in [0.1, 0.15) is 19.3 Å². The first-order chi connectivity index (χ1) is 6.75. The second-order valence-electron chi connectivity index (χ2n) is 4.91. The largest absolute Gasteiger partial charge is 0.311 e. The van der Waals surface area contributed by atoms with Crippen molar-refractivity contribution in [3.8, 4) is 0 Å². The Labute approximate surface area is 87.4 Å². The van der Waals surface area contributed by atoms with Crippen molar-refractivity contribution in [3.05, 3.63) is 0 Å². The van der Waals surface area contributed by atoms with E-state index in [2.05, 4.69) is 29.2 Å². The summed E-state index contributed by atoms with van der Waals surface area (Å²) in [6.07, 6.45) is 4.16. The summed E-state index contributed by atoms with van der Waals surface area (Å²) in [4.78, 5) is 4.90. The molecule has 1 unspecified atom stereocenters. The van der Waals surface area contributed by atoms with Gasteiger partial charge in [0, 0.05) is 31.7 Å². The molecule has 0 amide bonds. The maximum absolute atomic E-state index is 3.64. The summed E-state index contributed by atoms with van der Waals surface area (Å²) in [6, 6.07) is 1.65. The lowest BCUT2D eigenvalue weighted by Gasteiger charge is -2.18. The molecule has 1 aliphatic carbocycles. The third-order valence-electron chi connectivity index (χ3n) is 3.46. The molecule has 0 spiro atoms. The molecule has 0 radical (unpaired) electrons. The monoisotopic (exact) mass is 197 g/mol. The van der Waals surface area contributed by atoms with Crippen molar-refractivity contribution in [2.24, 2.45) is 0 Å². The lowest BCUT2D eigenvalue weighted by atomic mass is 10.2. The van der Waals surface area contributed by atoms with Gasteiger partial charge in [-0.15, -0.1) is 0 Å². The Morgan fingerprint density at radius 1 is 1.36 bits per heavy atom. The van der Waals surface area contributed by atoms with E-state index in [9.17, 15) is 0 Å². The van der Waals surface area contributed by atoms with Crippen LogP contribution in [0.2, 0.25) is 0 Å². The molecule has 1 saturated heterocycles. The molecule has 1 N–H and O–H groups in total. The number of rotatable bonds is 5. The SMILES string of the molecule is CN1CCC(NCCN(C)C2CC2)C1. The van der Waals surface area contributed by atoms with Gasteiger partial charge in [-0.05, 0) is 39.9 Å². The molecular formula is C11H23N3. The molecule has 0 aromatic rings. The molecule has 82 valence electrons. The summed E-state index contributed by atoms with van der Waals surface area (Å²) in [5.41, 5.74) is 0. The summed E-state index contributed by atoms with van der Waals surface area (Å²) in [5.74, 6) is 0. The maximum atomic E-state index is 3.64. The van der Waals surface area contributed by atoms with E-state index in [0.29, 0.717) is 0 Å². The Morgan fingerprint density at radius 2 is 2.14 bits per heavy atom. The predicted octanol–water partition coefficient (Wildman–Crippen LogP) is 0.374. The van der Waals surface area contributed by atoms with Gasteiger partial charge in [0.1, 0.15) is 0 Å². The third-order valence-corrected chi connectivity index (χ3v) is 3.46. The lowest BCUT2D eigenvalue weighted by molar-refractivity contribution is 0.312. The van der Waals surface area contributed by atoms with Gasteiger partial charge in [0.15, 0.2) is 0 Å². The molecule has 14 heavy (non-hydrogen) atoms. The average molecular weight is 197 g/mol. The van der Waals surface area contributed by atoms with Crippen LogP contribution in [0, 0.1) is 0 Å². The number of nitrogens with zero attached hydrogens (tertiary/aromatic N) is 2. The lowest BCUT2D eigenvalue weighted by Crippen LogP contribution is -2.37. The topological polar surface area (TPSA) is 18.5 Å². The van der Waals surface area contributed by atoms with E-state index in [1.165, 1.54) is 38.9 Å². The van der Waals surface area contributed by atoms with Crippen LogP contribution in [0.15, 0.2) is 0 Å². The van der Waals surface area contributed by atoms with E-state index < -0.39 is 0 Å². The Kier molecular flexibility index (Phi) is 3.42. The van der Waals surface area contributed by atoms with Crippen LogP contribution < -0.4 is 5.32 Å². The van der Waals surface area contributed by atoms with Gasteiger partial charge < -0.3 is 15.1 Å². The molecule has 1 heterocycles.